The van der Waals surface area contributed by atoms with Crippen LogP contribution in [-0.2, 0) is 21.0 Å². The number of hydrogen-bond acceptors (Lipinski definition) is 4. The molecule has 2 atom stereocenters. The second-order valence-corrected chi connectivity index (χ2v) is 5.49. The first-order valence-electron chi connectivity index (χ1n) is 6.57. The summed E-state index contributed by atoms with van der Waals surface area (Å²) < 4.78 is 0. The molecule has 0 spiro atoms. The quantitative estimate of drug-likeness (QED) is 0.631. The third kappa shape index (κ3) is 3.41. The van der Waals surface area contributed by atoms with Gasteiger partial charge in [-0.1, -0.05) is 30.3 Å². The molecule has 0 bridgehead atoms. The van der Waals surface area contributed by atoms with Gasteiger partial charge in [-0.2, -0.15) is 0 Å². The van der Waals surface area contributed by atoms with Crippen molar-refractivity contribution in [1.29, 1.82) is 0 Å². The van der Waals surface area contributed by atoms with E-state index in [-0.39, 0.29) is 13.0 Å². The van der Waals surface area contributed by atoms with Crippen LogP contribution in [0.5, 0.6) is 0 Å². The van der Waals surface area contributed by atoms with Crippen molar-refractivity contribution in [3.8, 4) is 0 Å². The minimum absolute atomic E-state index is 0.112. The molecule has 19 heavy (non-hydrogen) atoms. The zero-order valence-electron chi connectivity index (χ0n) is 11.2. The van der Waals surface area contributed by atoms with Gasteiger partial charge in [-0.3, -0.25) is 0 Å². The minimum atomic E-state index is -0.709. The van der Waals surface area contributed by atoms with E-state index in [4.69, 9.17) is 9.78 Å². The average Bonchev–Trinajstić information content (AvgIpc) is 2.77. The van der Waals surface area contributed by atoms with Crippen molar-refractivity contribution in [3.05, 3.63) is 35.9 Å². The first-order valence-corrected chi connectivity index (χ1v) is 6.57. The summed E-state index contributed by atoms with van der Waals surface area (Å²) in [7, 11) is 0. The Morgan fingerprint density at radius 2 is 2.05 bits per heavy atom. The van der Waals surface area contributed by atoms with Crippen molar-refractivity contribution in [3.63, 3.8) is 0 Å². The Labute approximate surface area is 113 Å². The highest BCUT2D eigenvalue weighted by Gasteiger charge is 2.48. The maximum atomic E-state index is 10.9. The van der Waals surface area contributed by atoms with Gasteiger partial charge in [0.25, 0.3) is 0 Å². The highest BCUT2D eigenvalue weighted by molar-refractivity contribution is 5.51. The van der Waals surface area contributed by atoms with Crippen molar-refractivity contribution < 1.29 is 19.7 Å². The first-order chi connectivity index (χ1) is 9.11. The molecule has 0 radical (unpaired) electrons. The van der Waals surface area contributed by atoms with Gasteiger partial charge in [-0.15, -0.1) is 0 Å². The van der Waals surface area contributed by atoms with E-state index < -0.39 is 11.2 Å². The molecule has 104 valence electrons. The Balaban J connectivity index is 2.03. The maximum absolute atomic E-state index is 10.9. The van der Waals surface area contributed by atoms with Crippen molar-refractivity contribution >= 4 is 6.29 Å². The van der Waals surface area contributed by atoms with Crippen LogP contribution in [0.25, 0.3) is 0 Å². The van der Waals surface area contributed by atoms with E-state index in [2.05, 4.69) is 12.1 Å². The van der Waals surface area contributed by atoms with Crippen molar-refractivity contribution in [2.45, 2.75) is 43.8 Å². The largest absolute Gasteiger partial charge is 0.393 e. The van der Waals surface area contributed by atoms with Gasteiger partial charge in [0.05, 0.1) is 6.61 Å². The second kappa shape index (κ2) is 5.82. The summed E-state index contributed by atoms with van der Waals surface area (Å²) in [4.78, 5) is 21.5. The van der Waals surface area contributed by atoms with Crippen LogP contribution in [0.4, 0.5) is 0 Å². The van der Waals surface area contributed by atoms with Crippen LogP contribution in [0.15, 0.2) is 30.3 Å². The Kier molecular flexibility index (Phi) is 4.34. The SMILES string of the molecule is C[C@]1(CO)C[C@@](CC=O)(CCc2ccccc2)OO1. The van der Waals surface area contributed by atoms with Crippen LogP contribution in [0.2, 0.25) is 0 Å². The van der Waals surface area contributed by atoms with Crippen LogP contribution < -0.4 is 0 Å². The summed E-state index contributed by atoms with van der Waals surface area (Å²) in [6.45, 7) is 1.68. The van der Waals surface area contributed by atoms with E-state index >= 15 is 0 Å². The number of carbonyl (C=O) groups is 1. The molecule has 2 rings (SSSR count). The maximum Gasteiger partial charge on any atom is 0.127 e. The van der Waals surface area contributed by atoms with E-state index in [1.807, 2.05) is 18.2 Å². The van der Waals surface area contributed by atoms with E-state index in [0.29, 0.717) is 12.8 Å². The lowest BCUT2D eigenvalue weighted by atomic mass is 9.83. The molecule has 0 aromatic heterocycles. The smallest absolute Gasteiger partial charge is 0.127 e. The Bertz CT molecular complexity index is 419. The summed E-state index contributed by atoms with van der Waals surface area (Å²) >= 11 is 0. The predicted molar refractivity (Wildman–Crippen MR) is 70.5 cm³/mol. The summed E-state index contributed by atoms with van der Waals surface area (Å²) in [5, 5.41) is 9.32. The fraction of sp³-hybridized carbons (Fsp3) is 0.533. The van der Waals surface area contributed by atoms with Crippen LogP contribution in [0.1, 0.15) is 31.7 Å². The van der Waals surface area contributed by atoms with Gasteiger partial charge in [0.2, 0.25) is 0 Å². The van der Waals surface area contributed by atoms with E-state index in [1.165, 1.54) is 5.56 Å². The monoisotopic (exact) mass is 264 g/mol. The van der Waals surface area contributed by atoms with Crippen LogP contribution >= 0.6 is 0 Å². The lowest BCUT2D eigenvalue weighted by molar-refractivity contribution is -0.351. The molecule has 1 aliphatic heterocycles. The molecule has 0 aliphatic carbocycles. The summed E-state index contributed by atoms with van der Waals surface area (Å²) in [5.74, 6) is 0. The topological polar surface area (TPSA) is 55.8 Å². The van der Waals surface area contributed by atoms with Crippen molar-refractivity contribution in [2.24, 2.45) is 0 Å². The van der Waals surface area contributed by atoms with Gasteiger partial charge in [-0.25, -0.2) is 9.78 Å². The molecule has 1 aliphatic rings. The molecule has 0 amide bonds. The molecular weight excluding hydrogens is 244 g/mol. The number of aliphatic hydroxyl groups is 1. The van der Waals surface area contributed by atoms with Gasteiger partial charge < -0.3 is 9.90 Å². The molecule has 0 saturated carbocycles. The number of aryl methyl sites for hydroxylation is 1. The molecule has 1 aromatic carbocycles. The first kappa shape index (κ1) is 14.2. The predicted octanol–water partition coefficient (Wildman–Crippen LogP) is 2.05. The molecule has 1 aromatic rings. The zero-order chi connectivity index (χ0) is 13.8. The standard InChI is InChI=1S/C15H20O4/c1-14(12-17)11-15(9-10-16,19-18-14)8-7-13-5-3-2-4-6-13/h2-6,10,17H,7-9,11-12H2,1H3/t14-,15+/m1/s1. The van der Waals surface area contributed by atoms with Gasteiger partial charge in [-0.05, 0) is 25.3 Å². The number of hydrogen-bond donors (Lipinski definition) is 1. The van der Waals surface area contributed by atoms with Gasteiger partial charge in [0.15, 0.2) is 0 Å². The molecule has 1 saturated heterocycles. The zero-order valence-corrected chi connectivity index (χ0v) is 11.2. The molecule has 0 unspecified atom stereocenters. The lowest BCUT2D eigenvalue weighted by Gasteiger charge is -2.24. The molecule has 4 heteroatoms. The van der Waals surface area contributed by atoms with Crippen LogP contribution in [0.3, 0.4) is 0 Å². The van der Waals surface area contributed by atoms with Gasteiger partial charge in [0.1, 0.15) is 17.5 Å². The molecular formula is C15H20O4. The van der Waals surface area contributed by atoms with Crippen LogP contribution in [-0.4, -0.2) is 29.2 Å². The van der Waals surface area contributed by atoms with Gasteiger partial charge >= 0.3 is 0 Å². The van der Waals surface area contributed by atoms with E-state index in [0.717, 1.165) is 12.7 Å². The number of aliphatic hydroxyl groups excluding tert-OH is 1. The molecule has 1 fully saturated rings. The van der Waals surface area contributed by atoms with E-state index in [1.54, 1.807) is 6.92 Å². The minimum Gasteiger partial charge on any atom is -0.393 e. The summed E-state index contributed by atoms with van der Waals surface area (Å²) in [6, 6.07) is 10.1. The van der Waals surface area contributed by atoms with Crippen molar-refractivity contribution in [1.82, 2.24) is 0 Å². The summed E-state index contributed by atoms with van der Waals surface area (Å²) in [5.41, 5.74) is -0.122. The number of carbonyl (C=O) groups excluding carboxylic acids is 1. The van der Waals surface area contributed by atoms with Crippen molar-refractivity contribution in [2.75, 3.05) is 6.61 Å². The number of rotatable bonds is 6. The Hall–Kier alpha value is -1.23. The molecule has 4 nitrogen and oxygen atoms in total. The van der Waals surface area contributed by atoms with Crippen LogP contribution in [0, 0.1) is 0 Å². The number of aldehydes is 1. The molecule has 1 heterocycles. The van der Waals surface area contributed by atoms with Gasteiger partial charge in [0, 0.05) is 12.8 Å². The lowest BCUT2D eigenvalue weighted by Crippen LogP contribution is -2.34. The highest BCUT2D eigenvalue weighted by atomic mass is 17.2. The second-order valence-electron chi connectivity index (χ2n) is 5.49. The third-order valence-corrected chi connectivity index (χ3v) is 3.62. The van der Waals surface area contributed by atoms with E-state index in [9.17, 15) is 9.90 Å². The Morgan fingerprint density at radius 3 is 2.63 bits per heavy atom. The normalized spacial score (nSPS) is 30.4. The third-order valence-electron chi connectivity index (χ3n) is 3.62. The Morgan fingerprint density at radius 1 is 1.32 bits per heavy atom. The highest BCUT2D eigenvalue weighted by Crippen LogP contribution is 2.40. The fourth-order valence-corrected chi connectivity index (χ4v) is 2.52. The fourth-order valence-electron chi connectivity index (χ4n) is 2.52. The molecule has 1 N–H and O–H groups in total. The summed E-state index contributed by atoms with van der Waals surface area (Å²) in [6.07, 6.45) is 3.19. The average molecular weight is 264 g/mol. The number of benzene rings is 1.